The molecule has 1 saturated heterocycles. The average molecular weight is 158 g/mol. The van der Waals surface area contributed by atoms with Gasteiger partial charge in [-0.15, -0.1) is 0 Å². The molecule has 64 valence electrons. The first-order valence-corrected chi connectivity index (χ1v) is 3.89. The van der Waals surface area contributed by atoms with Gasteiger partial charge in [0, 0.05) is 5.92 Å². The van der Waals surface area contributed by atoms with E-state index in [2.05, 4.69) is 0 Å². The fraction of sp³-hybridized carbons (Fsp3) is 0.875. The summed E-state index contributed by atoms with van der Waals surface area (Å²) in [6, 6.07) is 0. The minimum absolute atomic E-state index is 0.142. The molecule has 0 radical (unpaired) electrons. The topological polar surface area (TPSA) is 46.5 Å². The van der Waals surface area contributed by atoms with Crippen LogP contribution in [0.15, 0.2) is 0 Å². The van der Waals surface area contributed by atoms with Crippen LogP contribution in [0.25, 0.3) is 0 Å². The van der Waals surface area contributed by atoms with Crippen LogP contribution < -0.4 is 0 Å². The van der Waals surface area contributed by atoms with Crippen LogP contribution in [0, 0.1) is 5.92 Å². The van der Waals surface area contributed by atoms with Crippen LogP contribution in [0.1, 0.15) is 26.7 Å². The van der Waals surface area contributed by atoms with Crippen LogP contribution >= 0.6 is 0 Å². The SMILES string of the molecule is CC1CCC(C)(C=O)OC1O. The lowest BCUT2D eigenvalue weighted by atomic mass is 9.91. The Balaban J connectivity index is 2.58. The van der Waals surface area contributed by atoms with Crippen LogP contribution in [0.5, 0.6) is 0 Å². The van der Waals surface area contributed by atoms with E-state index in [4.69, 9.17) is 4.74 Å². The second kappa shape index (κ2) is 2.91. The van der Waals surface area contributed by atoms with Gasteiger partial charge in [0.25, 0.3) is 0 Å². The lowest BCUT2D eigenvalue weighted by molar-refractivity contribution is -0.220. The average Bonchev–Trinajstić information content (AvgIpc) is 1.98. The Hall–Kier alpha value is -0.410. The van der Waals surface area contributed by atoms with Crippen molar-refractivity contribution in [2.24, 2.45) is 5.92 Å². The molecule has 0 aromatic carbocycles. The van der Waals surface area contributed by atoms with Gasteiger partial charge in [-0.1, -0.05) is 6.92 Å². The Bertz CT molecular complexity index is 157. The minimum atomic E-state index is -0.779. The standard InChI is InChI=1S/C8H14O3/c1-6-3-4-8(2,5-9)11-7(6)10/h5-7,10H,3-4H2,1-2H3. The molecule has 0 bridgehead atoms. The zero-order chi connectivity index (χ0) is 8.48. The second-order valence-electron chi connectivity index (χ2n) is 3.45. The summed E-state index contributed by atoms with van der Waals surface area (Å²) in [4.78, 5) is 10.5. The largest absolute Gasteiger partial charge is 0.368 e. The smallest absolute Gasteiger partial charge is 0.158 e. The fourth-order valence-electron chi connectivity index (χ4n) is 1.19. The Morgan fingerprint density at radius 2 is 2.36 bits per heavy atom. The molecule has 3 heteroatoms. The minimum Gasteiger partial charge on any atom is -0.368 e. The number of aldehydes is 1. The van der Waals surface area contributed by atoms with Crippen molar-refractivity contribution in [2.75, 3.05) is 0 Å². The third-order valence-electron chi connectivity index (χ3n) is 2.22. The lowest BCUT2D eigenvalue weighted by Crippen LogP contribution is -2.43. The molecule has 1 aliphatic heterocycles. The molecule has 1 fully saturated rings. The fourth-order valence-corrected chi connectivity index (χ4v) is 1.19. The van der Waals surface area contributed by atoms with Crippen molar-refractivity contribution in [2.45, 2.75) is 38.6 Å². The summed E-state index contributed by atoms with van der Waals surface area (Å²) in [5.74, 6) is 0.142. The number of hydrogen-bond acceptors (Lipinski definition) is 3. The molecule has 1 aliphatic rings. The normalized spacial score (nSPS) is 45.4. The first kappa shape index (κ1) is 8.68. The summed E-state index contributed by atoms with van der Waals surface area (Å²) in [5.41, 5.74) is -0.758. The number of aliphatic hydroxyl groups excluding tert-OH is 1. The summed E-state index contributed by atoms with van der Waals surface area (Å²) >= 11 is 0. The molecule has 0 saturated carbocycles. The van der Waals surface area contributed by atoms with E-state index < -0.39 is 11.9 Å². The molecule has 0 spiro atoms. The van der Waals surface area contributed by atoms with Crippen molar-refractivity contribution in [3.8, 4) is 0 Å². The first-order chi connectivity index (χ1) is 5.07. The summed E-state index contributed by atoms with van der Waals surface area (Å²) in [5, 5.41) is 9.26. The van der Waals surface area contributed by atoms with Gasteiger partial charge in [-0.05, 0) is 19.8 Å². The van der Waals surface area contributed by atoms with Crippen molar-refractivity contribution in [1.82, 2.24) is 0 Å². The molecule has 1 heterocycles. The van der Waals surface area contributed by atoms with E-state index in [0.717, 1.165) is 12.7 Å². The van der Waals surface area contributed by atoms with Gasteiger partial charge >= 0.3 is 0 Å². The first-order valence-electron chi connectivity index (χ1n) is 3.89. The molecule has 11 heavy (non-hydrogen) atoms. The number of carbonyl (C=O) groups excluding carboxylic acids is 1. The van der Waals surface area contributed by atoms with E-state index >= 15 is 0 Å². The quantitative estimate of drug-likeness (QED) is 0.572. The maximum Gasteiger partial charge on any atom is 0.158 e. The van der Waals surface area contributed by atoms with Gasteiger partial charge in [0.2, 0.25) is 0 Å². The highest BCUT2D eigenvalue weighted by Gasteiger charge is 2.35. The zero-order valence-electron chi connectivity index (χ0n) is 6.91. The highest BCUT2D eigenvalue weighted by molar-refractivity contribution is 5.61. The van der Waals surface area contributed by atoms with E-state index in [1.807, 2.05) is 6.92 Å². The highest BCUT2D eigenvalue weighted by atomic mass is 16.6. The predicted molar refractivity (Wildman–Crippen MR) is 40.0 cm³/mol. The van der Waals surface area contributed by atoms with Gasteiger partial charge in [0.05, 0.1) is 0 Å². The number of hydrogen-bond donors (Lipinski definition) is 1. The molecule has 0 aliphatic carbocycles. The Kier molecular flexibility index (Phi) is 2.30. The number of ether oxygens (including phenoxy) is 1. The highest BCUT2D eigenvalue weighted by Crippen LogP contribution is 2.29. The van der Waals surface area contributed by atoms with Crippen molar-refractivity contribution in [3.63, 3.8) is 0 Å². The number of aliphatic hydroxyl groups is 1. The van der Waals surface area contributed by atoms with Crippen LogP contribution in [0.4, 0.5) is 0 Å². The molecule has 1 rings (SSSR count). The van der Waals surface area contributed by atoms with Gasteiger partial charge in [-0.2, -0.15) is 0 Å². The molecule has 0 aromatic heterocycles. The number of rotatable bonds is 1. The van der Waals surface area contributed by atoms with E-state index in [1.165, 1.54) is 0 Å². The van der Waals surface area contributed by atoms with Crippen molar-refractivity contribution in [3.05, 3.63) is 0 Å². The maximum atomic E-state index is 10.5. The van der Waals surface area contributed by atoms with E-state index in [-0.39, 0.29) is 5.92 Å². The third-order valence-corrected chi connectivity index (χ3v) is 2.22. The monoisotopic (exact) mass is 158 g/mol. The van der Waals surface area contributed by atoms with Gasteiger partial charge in [0.15, 0.2) is 12.6 Å². The number of carbonyl (C=O) groups is 1. The summed E-state index contributed by atoms with van der Waals surface area (Å²) in [6.07, 6.45) is 1.53. The molecular formula is C8H14O3. The van der Waals surface area contributed by atoms with Crippen LogP contribution in [-0.2, 0) is 9.53 Å². The molecule has 3 unspecified atom stereocenters. The van der Waals surface area contributed by atoms with E-state index in [0.29, 0.717) is 6.42 Å². The summed E-state index contributed by atoms with van der Waals surface area (Å²) < 4.78 is 5.12. The second-order valence-corrected chi connectivity index (χ2v) is 3.45. The van der Waals surface area contributed by atoms with Gasteiger partial charge in [-0.25, -0.2) is 0 Å². The van der Waals surface area contributed by atoms with Crippen LogP contribution in [-0.4, -0.2) is 23.3 Å². The molecule has 3 atom stereocenters. The summed E-state index contributed by atoms with van der Waals surface area (Å²) in [7, 11) is 0. The van der Waals surface area contributed by atoms with Gasteiger partial charge in [0.1, 0.15) is 5.60 Å². The lowest BCUT2D eigenvalue weighted by Gasteiger charge is -2.35. The zero-order valence-corrected chi connectivity index (χ0v) is 6.91. The van der Waals surface area contributed by atoms with Crippen molar-refractivity contribution >= 4 is 6.29 Å². The van der Waals surface area contributed by atoms with Gasteiger partial charge in [-0.3, -0.25) is 0 Å². The Morgan fingerprint density at radius 3 is 2.82 bits per heavy atom. The van der Waals surface area contributed by atoms with Crippen LogP contribution in [0.2, 0.25) is 0 Å². The predicted octanol–water partition coefficient (Wildman–Crippen LogP) is 0.709. The maximum absolute atomic E-state index is 10.5. The molecule has 3 nitrogen and oxygen atoms in total. The van der Waals surface area contributed by atoms with E-state index in [9.17, 15) is 9.90 Å². The molecule has 1 N–H and O–H groups in total. The van der Waals surface area contributed by atoms with Crippen molar-refractivity contribution < 1.29 is 14.6 Å². The van der Waals surface area contributed by atoms with Gasteiger partial charge < -0.3 is 14.6 Å². The van der Waals surface area contributed by atoms with E-state index in [1.54, 1.807) is 6.92 Å². The molecule has 0 aromatic rings. The molecular weight excluding hydrogens is 144 g/mol. The van der Waals surface area contributed by atoms with Crippen molar-refractivity contribution in [1.29, 1.82) is 0 Å². The third kappa shape index (κ3) is 1.79. The summed E-state index contributed by atoms with van der Waals surface area (Å²) in [6.45, 7) is 3.62. The Morgan fingerprint density at radius 1 is 1.73 bits per heavy atom. The molecule has 0 amide bonds. The van der Waals surface area contributed by atoms with Crippen LogP contribution in [0.3, 0.4) is 0 Å². The Labute approximate surface area is 66.4 Å².